The van der Waals surface area contributed by atoms with Crippen molar-refractivity contribution in [2.24, 2.45) is 0 Å². The van der Waals surface area contributed by atoms with Gasteiger partial charge in [-0.05, 0) is 29.0 Å². The first kappa shape index (κ1) is 11.8. The minimum Gasteiger partial charge on any atom is -0.383 e. The zero-order valence-corrected chi connectivity index (χ0v) is 11.4. The summed E-state index contributed by atoms with van der Waals surface area (Å²) >= 11 is 2.20. The van der Waals surface area contributed by atoms with Gasteiger partial charge >= 0.3 is 0 Å². The van der Waals surface area contributed by atoms with Gasteiger partial charge in [0.1, 0.15) is 5.82 Å². The van der Waals surface area contributed by atoms with E-state index in [0.29, 0.717) is 5.82 Å². The second-order valence-corrected chi connectivity index (χ2v) is 4.70. The number of aromatic nitrogens is 2. The standard InChI is InChI=1S/C10H15IN4O/c1-2-7-8(11)9(12)14-10(13-7)15-3-5-16-6-4-15/h2-6H2,1H3,(H2,12,13,14). The number of ether oxygens (including phenoxy) is 1. The third-order valence-corrected chi connectivity index (χ3v) is 3.74. The molecule has 1 aliphatic rings. The molecule has 88 valence electrons. The van der Waals surface area contributed by atoms with Crippen LogP contribution in [0.3, 0.4) is 0 Å². The molecule has 0 spiro atoms. The molecule has 0 radical (unpaired) electrons. The van der Waals surface area contributed by atoms with Crippen LogP contribution in [-0.2, 0) is 11.2 Å². The van der Waals surface area contributed by atoms with Crippen LogP contribution in [0.4, 0.5) is 11.8 Å². The van der Waals surface area contributed by atoms with Gasteiger partial charge in [0.05, 0.1) is 22.5 Å². The first-order valence-corrected chi connectivity index (χ1v) is 6.44. The molecule has 2 N–H and O–H groups in total. The Morgan fingerprint density at radius 2 is 2.06 bits per heavy atom. The topological polar surface area (TPSA) is 64.3 Å². The lowest BCUT2D eigenvalue weighted by atomic mass is 10.3. The van der Waals surface area contributed by atoms with Gasteiger partial charge in [0.15, 0.2) is 0 Å². The van der Waals surface area contributed by atoms with Crippen molar-refractivity contribution in [1.82, 2.24) is 9.97 Å². The van der Waals surface area contributed by atoms with Crippen LogP contribution >= 0.6 is 22.6 Å². The highest BCUT2D eigenvalue weighted by molar-refractivity contribution is 14.1. The fraction of sp³-hybridized carbons (Fsp3) is 0.600. The van der Waals surface area contributed by atoms with Crippen molar-refractivity contribution in [3.8, 4) is 0 Å². The van der Waals surface area contributed by atoms with Crippen molar-refractivity contribution in [2.75, 3.05) is 36.9 Å². The van der Waals surface area contributed by atoms with Crippen molar-refractivity contribution in [3.05, 3.63) is 9.26 Å². The number of hydrogen-bond donors (Lipinski definition) is 1. The maximum Gasteiger partial charge on any atom is 0.227 e. The van der Waals surface area contributed by atoms with Crippen LogP contribution < -0.4 is 10.6 Å². The zero-order chi connectivity index (χ0) is 11.5. The molecule has 0 aliphatic carbocycles. The molecule has 5 nitrogen and oxygen atoms in total. The third-order valence-electron chi connectivity index (χ3n) is 2.56. The SMILES string of the molecule is CCc1nc(N2CCOCC2)nc(N)c1I. The van der Waals surface area contributed by atoms with Crippen molar-refractivity contribution in [1.29, 1.82) is 0 Å². The summed E-state index contributed by atoms with van der Waals surface area (Å²) in [5, 5.41) is 0. The van der Waals surface area contributed by atoms with E-state index < -0.39 is 0 Å². The molecule has 2 heterocycles. The number of rotatable bonds is 2. The highest BCUT2D eigenvalue weighted by Crippen LogP contribution is 2.21. The van der Waals surface area contributed by atoms with E-state index in [0.717, 1.165) is 47.9 Å². The number of nitrogen functional groups attached to an aromatic ring is 1. The van der Waals surface area contributed by atoms with Crippen LogP contribution in [0.25, 0.3) is 0 Å². The van der Waals surface area contributed by atoms with Crippen LogP contribution in [0.5, 0.6) is 0 Å². The largest absolute Gasteiger partial charge is 0.383 e. The van der Waals surface area contributed by atoms with Gasteiger partial charge < -0.3 is 15.4 Å². The molecule has 1 aromatic heterocycles. The van der Waals surface area contributed by atoms with Crippen molar-refractivity contribution < 1.29 is 4.74 Å². The second-order valence-electron chi connectivity index (χ2n) is 3.62. The van der Waals surface area contributed by atoms with E-state index in [4.69, 9.17) is 10.5 Å². The Balaban J connectivity index is 2.29. The average Bonchev–Trinajstić information content (AvgIpc) is 2.33. The maximum atomic E-state index is 5.89. The lowest BCUT2D eigenvalue weighted by Gasteiger charge is -2.27. The molecule has 1 saturated heterocycles. The molecule has 2 rings (SSSR count). The van der Waals surface area contributed by atoms with Gasteiger partial charge in [0.2, 0.25) is 5.95 Å². The number of aryl methyl sites for hydroxylation is 1. The summed E-state index contributed by atoms with van der Waals surface area (Å²) in [5.41, 5.74) is 6.91. The fourth-order valence-electron chi connectivity index (χ4n) is 1.64. The van der Waals surface area contributed by atoms with Crippen molar-refractivity contribution >= 4 is 34.4 Å². The molecule has 16 heavy (non-hydrogen) atoms. The molecule has 0 aromatic carbocycles. The molecule has 0 amide bonds. The number of hydrogen-bond acceptors (Lipinski definition) is 5. The maximum absolute atomic E-state index is 5.89. The second kappa shape index (κ2) is 5.13. The monoisotopic (exact) mass is 334 g/mol. The quantitative estimate of drug-likeness (QED) is 0.820. The number of nitrogens with two attached hydrogens (primary N) is 1. The first-order chi connectivity index (χ1) is 7.72. The molecule has 0 bridgehead atoms. The van der Waals surface area contributed by atoms with Crippen LogP contribution in [0, 0.1) is 3.57 Å². The van der Waals surface area contributed by atoms with E-state index in [-0.39, 0.29) is 0 Å². The zero-order valence-electron chi connectivity index (χ0n) is 9.24. The van der Waals surface area contributed by atoms with E-state index in [1.807, 2.05) is 0 Å². The lowest BCUT2D eigenvalue weighted by molar-refractivity contribution is 0.122. The van der Waals surface area contributed by atoms with Crippen LogP contribution in [0.2, 0.25) is 0 Å². The molecule has 6 heteroatoms. The molecule has 0 atom stereocenters. The molecule has 1 fully saturated rings. The molecule has 1 aliphatic heterocycles. The van der Waals surface area contributed by atoms with E-state index in [1.54, 1.807) is 0 Å². The molecular weight excluding hydrogens is 319 g/mol. The van der Waals surface area contributed by atoms with Gasteiger partial charge in [-0.25, -0.2) is 4.98 Å². The fourth-order valence-corrected chi connectivity index (χ4v) is 2.26. The minimum atomic E-state index is 0.578. The number of morpholine rings is 1. The predicted octanol–water partition coefficient (Wildman–Crippen LogP) is 1.06. The van der Waals surface area contributed by atoms with E-state index in [9.17, 15) is 0 Å². The smallest absolute Gasteiger partial charge is 0.227 e. The Morgan fingerprint density at radius 3 is 2.69 bits per heavy atom. The Hall–Kier alpha value is -0.630. The van der Waals surface area contributed by atoms with Gasteiger partial charge in [-0.3, -0.25) is 0 Å². The molecule has 0 unspecified atom stereocenters. The molecule has 1 aromatic rings. The number of anilines is 2. The lowest BCUT2D eigenvalue weighted by Crippen LogP contribution is -2.37. The van der Waals surface area contributed by atoms with Crippen LogP contribution in [0.1, 0.15) is 12.6 Å². The summed E-state index contributed by atoms with van der Waals surface area (Å²) in [6.07, 6.45) is 0.877. The summed E-state index contributed by atoms with van der Waals surface area (Å²) in [4.78, 5) is 11.0. The van der Waals surface area contributed by atoms with Crippen LogP contribution in [0.15, 0.2) is 0 Å². The Kier molecular flexibility index (Phi) is 3.80. The highest BCUT2D eigenvalue weighted by atomic mass is 127. The van der Waals surface area contributed by atoms with Crippen LogP contribution in [-0.4, -0.2) is 36.3 Å². The van der Waals surface area contributed by atoms with Crippen molar-refractivity contribution in [2.45, 2.75) is 13.3 Å². The summed E-state index contributed by atoms with van der Waals surface area (Å²) in [5.74, 6) is 1.31. The van der Waals surface area contributed by atoms with E-state index in [1.165, 1.54) is 0 Å². The Labute approximate surface area is 109 Å². The van der Waals surface area contributed by atoms with Gasteiger partial charge in [-0.1, -0.05) is 6.92 Å². The molecule has 0 saturated carbocycles. The van der Waals surface area contributed by atoms with Crippen molar-refractivity contribution in [3.63, 3.8) is 0 Å². The van der Waals surface area contributed by atoms with Gasteiger partial charge in [0, 0.05) is 13.1 Å². The normalized spacial score (nSPS) is 16.5. The summed E-state index contributed by atoms with van der Waals surface area (Å²) < 4.78 is 6.27. The summed E-state index contributed by atoms with van der Waals surface area (Å²) in [6, 6.07) is 0. The van der Waals surface area contributed by atoms with Gasteiger partial charge in [-0.15, -0.1) is 0 Å². The third kappa shape index (κ3) is 2.37. The molecular formula is C10H15IN4O. The summed E-state index contributed by atoms with van der Waals surface area (Å²) in [7, 11) is 0. The number of nitrogens with zero attached hydrogens (tertiary/aromatic N) is 3. The van der Waals surface area contributed by atoms with Gasteiger partial charge in [-0.2, -0.15) is 4.98 Å². The number of halogens is 1. The first-order valence-electron chi connectivity index (χ1n) is 5.37. The minimum absolute atomic E-state index is 0.578. The average molecular weight is 334 g/mol. The Morgan fingerprint density at radius 1 is 1.38 bits per heavy atom. The summed E-state index contributed by atoms with van der Waals surface area (Å²) in [6.45, 7) is 5.22. The predicted molar refractivity (Wildman–Crippen MR) is 71.6 cm³/mol. The van der Waals surface area contributed by atoms with E-state index in [2.05, 4.69) is 44.4 Å². The van der Waals surface area contributed by atoms with E-state index >= 15 is 0 Å². The van der Waals surface area contributed by atoms with Gasteiger partial charge in [0.25, 0.3) is 0 Å². The Bertz CT molecular complexity index is 379. The highest BCUT2D eigenvalue weighted by Gasteiger charge is 2.16.